The van der Waals surface area contributed by atoms with Crippen LogP contribution in [-0.4, -0.2) is 16.8 Å². The highest BCUT2D eigenvalue weighted by Crippen LogP contribution is 2.31. The number of benzene rings is 3. The smallest absolute Gasteiger partial charge is 0.131 e. The Bertz CT molecular complexity index is 963. The SMILES string of the molecule is CCCCCCCc1ccc(-c2ccc(-c3ccc(O)c(CCCO)c3)c(F)c2)cc1. The summed E-state index contributed by atoms with van der Waals surface area (Å²) in [7, 11) is 0. The molecule has 3 heteroatoms. The maximum atomic E-state index is 15.0. The molecule has 3 aromatic carbocycles. The van der Waals surface area contributed by atoms with Gasteiger partial charge in [-0.1, -0.05) is 75.1 Å². The van der Waals surface area contributed by atoms with E-state index < -0.39 is 0 Å². The van der Waals surface area contributed by atoms with Gasteiger partial charge in [-0.15, -0.1) is 0 Å². The molecule has 0 aliphatic carbocycles. The zero-order valence-electron chi connectivity index (χ0n) is 18.4. The first kappa shape index (κ1) is 23.0. The Labute approximate surface area is 185 Å². The topological polar surface area (TPSA) is 40.5 Å². The van der Waals surface area contributed by atoms with E-state index >= 15 is 0 Å². The van der Waals surface area contributed by atoms with Gasteiger partial charge in [-0.05, 0) is 71.7 Å². The van der Waals surface area contributed by atoms with Gasteiger partial charge in [0.05, 0.1) is 0 Å². The Morgan fingerprint density at radius 2 is 1.42 bits per heavy atom. The van der Waals surface area contributed by atoms with Crippen molar-refractivity contribution in [2.45, 2.75) is 58.3 Å². The fourth-order valence-corrected chi connectivity index (χ4v) is 3.95. The van der Waals surface area contributed by atoms with Crippen molar-refractivity contribution in [1.82, 2.24) is 0 Å². The van der Waals surface area contributed by atoms with Crippen molar-refractivity contribution in [3.63, 3.8) is 0 Å². The normalized spacial score (nSPS) is 11.1. The van der Waals surface area contributed by atoms with Crippen molar-refractivity contribution in [3.8, 4) is 28.0 Å². The van der Waals surface area contributed by atoms with Crippen LogP contribution in [0.15, 0.2) is 60.7 Å². The van der Waals surface area contributed by atoms with Crippen LogP contribution in [0.25, 0.3) is 22.3 Å². The van der Waals surface area contributed by atoms with E-state index in [-0.39, 0.29) is 18.2 Å². The number of phenolic OH excluding ortho intramolecular Hbond substituents is 1. The highest BCUT2D eigenvalue weighted by atomic mass is 19.1. The molecular formula is C28H33FO2. The number of rotatable bonds is 11. The summed E-state index contributed by atoms with van der Waals surface area (Å²) in [5.74, 6) is -0.101. The lowest BCUT2D eigenvalue weighted by Crippen LogP contribution is -1.93. The monoisotopic (exact) mass is 420 g/mol. The molecule has 2 N–H and O–H groups in total. The highest BCUT2D eigenvalue weighted by molar-refractivity contribution is 5.72. The quantitative estimate of drug-likeness (QED) is 0.319. The molecular weight excluding hydrogens is 387 g/mol. The second-order valence-electron chi connectivity index (χ2n) is 8.23. The second kappa shape index (κ2) is 11.7. The first-order valence-electron chi connectivity index (χ1n) is 11.4. The van der Waals surface area contributed by atoms with Crippen LogP contribution in [0.1, 0.15) is 56.6 Å². The molecule has 31 heavy (non-hydrogen) atoms. The predicted octanol–water partition coefficient (Wildman–Crippen LogP) is 7.30. The van der Waals surface area contributed by atoms with E-state index in [0.29, 0.717) is 18.4 Å². The standard InChI is InChI=1S/C28H33FO2/c1-2-3-4-5-6-8-21-10-12-22(13-11-21)23-14-16-26(27(29)20-23)24-15-17-28(31)25(19-24)9-7-18-30/h10-17,19-20,30-31H,2-9,18H2,1H3. The number of hydrogen-bond acceptors (Lipinski definition) is 2. The third-order valence-electron chi connectivity index (χ3n) is 5.82. The van der Waals surface area contributed by atoms with Crippen LogP contribution < -0.4 is 0 Å². The summed E-state index contributed by atoms with van der Waals surface area (Å²) < 4.78 is 15.0. The van der Waals surface area contributed by atoms with Crippen LogP contribution in [0.4, 0.5) is 4.39 Å². The molecule has 0 bridgehead atoms. The second-order valence-corrected chi connectivity index (χ2v) is 8.23. The Hall–Kier alpha value is -2.65. The Morgan fingerprint density at radius 1 is 0.710 bits per heavy atom. The minimum Gasteiger partial charge on any atom is -0.508 e. The van der Waals surface area contributed by atoms with Gasteiger partial charge in [0.15, 0.2) is 0 Å². The fraction of sp³-hybridized carbons (Fsp3) is 0.357. The average Bonchev–Trinajstić information content (AvgIpc) is 2.79. The first-order valence-corrected chi connectivity index (χ1v) is 11.4. The number of aliphatic hydroxyl groups excluding tert-OH is 1. The van der Waals surface area contributed by atoms with E-state index in [1.807, 2.05) is 6.07 Å². The number of unbranched alkanes of at least 4 members (excludes halogenated alkanes) is 4. The van der Waals surface area contributed by atoms with Crippen molar-refractivity contribution in [1.29, 1.82) is 0 Å². The van der Waals surface area contributed by atoms with E-state index in [2.05, 4.69) is 31.2 Å². The molecule has 0 atom stereocenters. The molecule has 0 aliphatic rings. The molecule has 0 radical (unpaired) electrons. The third-order valence-corrected chi connectivity index (χ3v) is 5.82. The molecule has 0 unspecified atom stereocenters. The van der Waals surface area contributed by atoms with Crippen LogP contribution in [0.2, 0.25) is 0 Å². The first-order chi connectivity index (χ1) is 15.1. The lowest BCUT2D eigenvalue weighted by molar-refractivity contribution is 0.288. The molecule has 0 saturated heterocycles. The summed E-state index contributed by atoms with van der Waals surface area (Å²) in [5.41, 5.74) is 5.16. The van der Waals surface area contributed by atoms with Gasteiger partial charge in [-0.25, -0.2) is 4.39 Å². The summed E-state index contributed by atoms with van der Waals surface area (Å²) in [5, 5.41) is 19.0. The number of aliphatic hydroxyl groups is 1. The van der Waals surface area contributed by atoms with Crippen molar-refractivity contribution in [2.24, 2.45) is 0 Å². The minimum absolute atomic E-state index is 0.0599. The maximum absolute atomic E-state index is 15.0. The number of phenols is 1. The van der Waals surface area contributed by atoms with Crippen LogP contribution in [-0.2, 0) is 12.8 Å². The molecule has 0 amide bonds. The van der Waals surface area contributed by atoms with Crippen LogP contribution in [0, 0.1) is 5.82 Å². The predicted molar refractivity (Wildman–Crippen MR) is 127 cm³/mol. The van der Waals surface area contributed by atoms with Gasteiger partial charge < -0.3 is 10.2 Å². The molecule has 0 fully saturated rings. The van der Waals surface area contributed by atoms with Gasteiger partial charge >= 0.3 is 0 Å². The molecule has 2 nitrogen and oxygen atoms in total. The van der Waals surface area contributed by atoms with Gasteiger partial charge in [0.2, 0.25) is 0 Å². The summed E-state index contributed by atoms with van der Waals surface area (Å²) in [6.07, 6.45) is 8.60. The van der Waals surface area contributed by atoms with Crippen molar-refractivity contribution in [2.75, 3.05) is 6.61 Å². The third kappa shape index (κ3) is 6.41. The molecule has 0 spiro atoms. The van der Waals surface area contributed by atoms with Crippen molar-refractivity contribution >= 4 is 0 Å². The molecule has 0 saturated carbocycles. The van der Waals surface area contributed by atoms with Gasteiger partial charge in [-0.2, -0.15) is 0 Å². The largest absolute Gasteiger partial charge is 0.508 e. The zero-order chi connectivity index (χ0) is 22.1. The zero-order valence-corrected chi connectivity index (χ0v) is 18.4. The van der Waals surface area contributed by atoms with Crippen LogP contribution >= 0.6 is 0 Å². The number of hydrogen-bond donors (Lipinski definition) is 2. The summed E-state index contributed by atoms with van der Waals surface area (Å²) in [4.78, 5) is 0. The number of halogens is 1. The van der Waals surface area contributed by atoms with Crippen molar-refractivity contribution in [3.05, 3.63) is 77.6 Å². The lowest BCUT2D eigenvalue weighted by atomic mass is 9.96. The van der Waals surface area contributed by atoms with E-state index in [9.17, 15) is 9.50 Å². The summed E-state index contributed by atoms with van der Waals surface area (Å²) >= 11 is 0. The van der Waals surface area contributed by atoms with Gasteiger partial charge in [-0.3, -0.25) is 0 Å². The Balaban J connectivity index is 1.71. The number of aryl methyl sites for hydroxylation is 2. The van der Waals surface area contributed by atoms with Crippen LogP contribution in [0.5, 0.6) is 5.75 Å². The van der Waals surface area contributed by atoms with Crippen molar-refractivity contribution < 1.29 is 14.6 Å². The molecule has 0 aromatic heterocycles. The van der Waals surface area contributed by atoms with E-state index in [1.165, 1.54) is 37.7 Å². The van der Waals surface area contributed by atoms with Gasteiger partial charge in [0.1, 0.15) is 11.6 Å². The fourth-order valence-electron chi connectivity index (χ4n) is 3.95. The van der Waals surface area contributed by atoms with Crippen LogP contribution in [0.3, 0.4) is 0 Å². The van der Waals surface area contributed by atoms with E-state index in [4.69, 9.17) is 5.11 Å². The van der Waals surface area contributed by atoms with Gasteiger partial charge in [0.25, 0.3) is 0 Å². The molecule has 3 aromatic rings. The summed E-state index contributed by atoms with van der Waals surface area (Å²) in [6, 6.07) is 18.9. The minimum atomic E-state index is -0.281. The lowest BCUT2D eigenvalue weighted by Gasteiger charge is -2.10. The molecule has 3 rings (SSSR count). The molecule has 164 valence electrons. The summed E-state index contributed by atoms with van der Waals surface area (Å²) in [6.45, 7) is 2.29. The average molecular weight is 421 g/mol. The van der Waals surface area contributed by atoms with E-state index in [1.54, 1.807) is 30.3 Å². The Morgan fingerprint density at radius 3 is 2.13 bits per heavy atom. The van der Waals surface area contributed by atoms with Gasteiger partial charge in [0, 0.05) is 12.2 Å². The highest BCUT2D eigenvalue weighted by Gasteiger charge is 2.10. The number of aromatic hydroxyl groups is 1. The Kier molecular flexibility index (Phi) is 8.66. The molecule has 0 heterocycles. The maximum Gasteiger partial charge on any atom is 0.131 e. The van der Waals surface area contributed by atoms with E-state index in [0.717, 1.165) is 28.7 Å². The molecule has 0 aliphatic heterocycles.